The largest absolute Gasteiger partial charge is 0.497 e. The monoisotopic (exact) mass is 302 g/mol. The first kappa shape index (κ1) is 15.9. The number of aliphatic hydroxyl groups is 1. The van der Waals surface area contributed by atoms with E-state index >= 15 is 0 Å². The van der Waals surface area contributed by atoms with Gasteiger partial charge in [0.15, 0.2) is 0 Å². The molecule has 6 nitrogen and oxygen atoms in total. The third-order valence-electron chi connectivity index (χ3n) is 3.29. The van der Waals surface area contributed by atoms with Crippen molar-refractivity contribution < 1.29 is 14.8 Å². The van der Waals surface area contributed by atoms with Gasteiger partial charge in [-0.3, -0.25) is 10.1 Å². The third-order valence-corrected chi connectivity index (χ3v) is 3.29. The summed E-state index contributed by atoms with van der Waals surface area (Å²) in [6.07, 6.45) is -0.649. The topological polar surface area (TPSA) is 84.6 Å². The Morgan fingerprint density at radius 3 is 2.64 bits per heavy atom. The lowest BCUT2D eigenvalue weighted by atomic mass is 10.1. The van der Waals surface area contributed by atoms with E-state index in [0.717, 1.165) is 16.9 Å². The number of non-ortho nitro benzene ring substituents is 1. The highest BCUT2D eigenvalue weighted by molar-refractivity contribution is 5.34. The summed E-state index contributed by atoms with van der Waals surface area (Å²) in [5.74, 6) is 0.737. The molecule has 2 rings (SSSR count). The Balaban J connectivity index is 1.87. The Morgan fingerprint density at radius 2 is 2.00 bits per heavy atom. The van der Waals surface area contributed by atoms with E-state index in [9.17, 15) is 15.2 Å². The van der Waals surface area contributed by atoms with Crippen LogP contribution in [0.5, 0.6) is 5.75 Å². The molecule has 0 saturated carbocycles. The SMILES string of the molecule is COc1ccc(C(O)CNCc2cccc([N+](=O)[O-])c2)cc1. The van der Waals surface area contributed by atoms with Crippen LogP contribution in [0.25, 0.3) is 0 Å². The minimum atomic E-state index is -0.649. The van der Waals surface area contributed by atoms with Gasteiger partial charge in [-0.2, -0.15) is 0 Å². The summed E-state index contributed by atoms with van der Waals surface area (Å²) in [5.41, 5.74) is 1.65. The van der Waals surface area contributed by atoms with Crippen LogP contribution in [0.2, 0.25) is 0 Å². The van der Waals surface area contributed by atoms with Crippen LogP contribution in [0.15, 0.2) is 48.5 Å². The molecule has 0 aliphatic carbocycles. The van der Waals surface area contributed by atoms with Crippen LogP contribution in [-0.2, 0) is 6.54 Å². The van der Waals surface area contributed by atoms with Gasteiger partial charge >= 0.3 is 0 Å². The second-order valence-electron chi connectivity index (χ2n) is 4.85. The molecule has 0 aromatic heterocycles. The predicted octanol–water partition coefficient (Wildman–Crippen LogP) is 2.43. The van der Waals surface area contributed by atoms with E-state index in [2.05, 4.69) is 5.32 Å². The molecule has 2 aromatic rings. The van der Waals surface area contributed by atoms with Crippen LogP contribution in [0, 0.1) is 10.1 Å². The number of aliphatic hydroxyl groups excluding tert-OH is 1. The molecule has 0 amide bonds. The number of nitro benzene ring substituents is 1. The Morgan fingerprint density at radius 1 is 1.27 bits per heavy atom. The van der Waals surface area contributed by atoms with Gasteiger partial charge in [-0.25, -0.2) is 0 Å². The zero-order chi connectivity index (χ0) is 15.9. The van der Waals surface area contributed by atoms with E-state index in [4.69, 9.17) is 4.74 Å². The van der Waals surface area contributed by atoms with Crippen LogP contribution >= 0.6 is 0 Å². The van der Waals surface area contributed by atoms with Gasteiger partial charge in [-0.05, 0) is 23.3 Å². The molecule has 0 aliphatic heterocycles. The van der Waals surface area contributed by atoms with Crippen LogP contribution in [0.1, 0.15) is 17.2 Å². The average molecular weight is 302 g/mol. The van der Waals surface area contributed by atoms with Crippen molar-refractivity contribution in [1.82, 2.24) is 5.32 Å². The molecule has 0 spiro atoms. The van der Waals surface area contributed by atoms with Gasteiger partial charge in [0, 0.05) is 25.2 Å². The molecule has 2 aromatic carbocycles. The summed E-state index contributed by atoms with van der Waals surface area (Å²) < 4.78 is 5.07. The Labute approximate surface area is 128 Å². The summed E-state index contributed by atoms with van der Waals surface area (Å²) in [6.45, 7) is 0.809. The zero-order valence-electron chi connectivity index (χ0n) is 12.2. The lowest BCUT2D eigenvalue weighted by Gasteiger charge is -2.12. The number of methoxy groups -OCH3 is 1. The number of nitro groups is 1. The van der Waals surface area contributed by atoms with Gasteiger partial charge in [-0.15, -0.1) is 0 Å². The molecule has 0 aliphatic rings. The maximum atomic E-state index is 10.7. The number of nitrogens with one attached hydrogen (secondary N) is 1. The van der Waals surface area contributed by atoms with Crippen molar-refractivity contribution in [3.8, 4) is 5.75 Å². The maximum absolute atomic E-state index is 10.7. The molecular formula is C16H18N2O4. The number of benzene rings is 2. The standard InChI is InChI=1S/C16H18N2O4/c1-22-15-7-5-13(6-8-15)16(19)11-17-10-12-3-2-4-14(9-12)18(20)21/h2-9,16-17,19H,10-11H2,1H3. The Bertz CT molecular complexity index is 628. The lowest BCUT2D eigenvalue weighted by Crippen LogP contribution is -2.21. The van der Waals surface area contributed by atoms with E-state index in [-0.39, 0.29) is 5.69 Å². The van der Waals surface area contributed by atoms with E-state index in [0.29, 0.717) is 13.1 Å². The summed E-state index contributed by atoms with van der Waals surface area (Å²) in [7, 11) is 1.59. The highest BCUT2D eigenvalue weighted by Gasteiger charge is 2.08. The van der Waals surface area contributed by atoms with Gasteiger partial charge in [0.2, 0.25) is 0 Å². The summed E-state index contributed by atoms with van der Waals surface area (Å²) in [4.78, 5) is 10.3. The second kappa shape index (κ2) is 7.53. The molecule has 0 heterocycles. The first-order valence-corrected chi connectivity index (χ1v) is 6.86. The molecule has 1 unspecified atom stereocenters. The minimum absolute atomic E-state index is 0.0648. The van der Waals surface area contributed by atoms with E-state index in [1.54, 1.807) is 43.5 Å². The summed E-state index contributed by atoms with van der Waals surface area (Å²) >= 11 is 0. The molecule has 1 atom stereocenters. The van der Waals surface area contributed by atoms with Crippen molar-refractivity contribution in [2.75, 3.05) is 13.7 Å². The molecule has 22 heavy (non-hydrogen) atoms. The zero-order valence-corrected chi connectivity index (χ0v) is 12.2. The molecule has 6 heteroatoms. The van der Waals surface area contributed by atoms with Gasteiger partial charge in [0.1, 0.15) is 5.75 Å². The van der Waals surface area contributed by atoms with Crippen molar-refractivity contribution in [3.63, 3.8) is 0 Å². The van der Waals surface area contributed by atoms with Crippen LogP contribution in [0.4, 0.5) is 5.69 Å². The fourth-order valence-corrected chi connectivity index (χ4v) is 2.08. The number of rotatable bonds is 7. The fraction of sp³-hybridized carbons (Fsp3) is 0.250. The van der Waals surface area contributed by atoms with Crippen molar-refractivity contribution in [3.05, 3.63) is 69.8 Å². The molecule has 2 N–H and O–H groups in total. The molecule has 0 bridgehead atoms. The normalized spacial score (nSPS) is 11.9. The quantitative estimate of drug-likeness (QED) is 0.606. The Hall–Kier alpha value is -2.44. The van der Waals surface area contributed by atoms with Crippen LogP contribution < -0.4 is 10.1 Å². The van der Waals surface area contributed by atoms with Gasteiger partial charge < -0.3 is 15.2 Å². The number of nitrogens with zero attached hydrogens (tertiary/aromatic N) is 1. The first-order valence-electron chi connectivity index (χ1n) is 6.86. The van der Waals surface area contributed by atoms with E-state index in [1.807, 2.05) is 0 Å². The number of hydrogen-bond acceptors (Lipinski definition) is 5. The van der Waals surface area contributed by atoms with E-state index < -0.39 is 11.0 Å². The molecule has 0 saturated heterocycles. The molecule has 0 fully saturated rings. The molecule has 0 radical (unpaired) electrons. The predicted molar refractivity (Wildman–Crippen MR) is 82.8 cm³/mol. The highest BCUT2D eigenvalue weighted by atomic mass is 16.6. The number of hydrogen-bond donors (Lipinski definition) is 2. The fourth-order valence-electron chi connectivity index (χ4n) is 2.08. The van der Waals surface area contributed by atoms with Crippen LogP contribution in [-0.4, -0.2) is 23.7 Å². The minimum Gasteiger partial charge on any atom is -0.497 e. The highest BCUT2D eigenvalue weighted by Crippen LogP contribution is 2.17. The molecule has 116 valence electrons. The summed E-state index contributed by atoms with van der Waals surface area (Å²) in [5, 5.41) is 23.9. The second-order valence-corrected chi connectivity index (χ2v) is 4.85. The van der Waals surface area contributed by atoms with Crippen molar-refractivity contribution in [1.29, 1.82) is 0 Å². The van der Waals surface area contributed by atoms with Gasteiger partial charge in [-0.1, -0.05) is 24.3 Å². The summed E-state index contributed by atoms with van der Waals surface area (Å²) in [6, 6.07) is 13.6. The van der Waals surface area contributed by atoms with Crippen molar-refractivity contribution in [2.45, 2.75) is 12.6 Å². The van der Waals surface area contributed by atoms with Gasteiger partial charge in [0.25, 0.3) is 5.69 Å². The molecular weight excluding hydrogens is 284 g/mol. The lowest BCUT2D eigenvalue weighted by molar-refractivity contribution is -0.384. The first-order chi connectivity index (χ1) is 10.6. The van der Waals surface area contributed by atoms with Crippen molar-refractivity contribution in [2.24, 2.45) is 0 Å². The van der Waals surface area contributed by atoms with E-state index in [1.165, 1.54) is 12.1 Å². The van der Waals surface area contributed by atoms with Crippen molar-refractivity contribution >= 4 is 5.69 Å². The average Bonchev–Trinajstić information content (AvgIpc) is 2.55. The van der Waals surface area contributed by atoms with Gasteiger partial charge in [0.05, 0.1) is 18.1 Å². The smallest absolute Gasteiger partial charge is 0.269 e. The number of ether oxygens (including phenoxy) is 1. The Kier molecular flexibility index (Phi) is 5.46. The van der Waals surface area contributed by atoms with Crippen LogP contribution in [0.3, 0.4) is 0 Å². The third kappa shape index (κ3) is 4.28. The maximum Gasteiger partial charge on any atom is 0.269 e.